The molecule has 110 valence electrons. The van der Waals surface area contributed by atoms with Crippen LogP contribution in [-0.2, 0) is 0 Å². The summed E-state index contributed by atoms with van der Waals surface area (Å²) < 4.78 is 0.715. The normalized spacial score (nSPS) is 12.2. The lowest BCUT2D eigenvalue weighted by Crippen LogP contribution is -2.35. The van der Waals surface area contributed by atoms with Crippen LogP contribution in [0.5, 0.6) is 0 Å². The van der Waals surface area contributed by atoms with E-state index in [0.29, 0.717) is 10.2 Å². The molecule has 0 aliphatic carbocycles. The Kier molecular flexibility index (Phi) is 5.47. The second-order valence-corrected chi connectivity index (χ2v) is 5.88. The average Bonchev–Trinajstić information content (AvgIpc) is 2.47. The van der Waals surface area contributed by atoms with Gasteiger partial charge in [-0.25, -0.2) is 4.98 Å². The number of halogens is 1. The highest BCUT2D eigenvalue weighted by Gasteiger charge is 2.16. The van der Waals surface area contributed by atoms with Crippen molar-refractivity contribution >= 4 is 21.8 Å². The minimum atomic E-state index is -0.120. The zero-order valence-electron chi connectivity index (χ0n) is 12.1. The molecular weight excluding hydrogens is 330 g/mol. The first-order valence-electron chi connectivity index (χ1n) is 6.68. The van der Waals surface area contributed by atoms with Crippen LogP contribution in [0.3, 0.4) is 0 Å². The van der Waals surface area contributed by atoms with Crippen molar-refractivity contribution in [2.45, 2.75) is 6.04 Å². The number of aromatic nitrogens is 1. The summed E-state index contributed by atoms with van der Waals surface area (Å²) >= 11 is 3.27. The summed E-state index contributed by atoms with van der Waals surface area (Å²) in [6.07, 6.45) is 1.57. The molecule has 0 bridgehead atoms. The van der Waals surface area contributed by atoms with Gasteiger partial charge >= 0.3 is 0 Å². The maximum atomic E-state index is 12.3. The third kappa shape index (κ3) is 4.65. The maximum absolute atomic E-state index is 12.3. The summed E-state index contributed by atoms with van der Waals surface area (Å²) in [6, 6.07) is 13.4. The van der Waals surface area contributed by atoms with Gasteiger partial charge < -0.3 is 10.2 Å². The topological polar surface area (TPSA) is 45.2 Å². The van der Waals surface area contributed by atoms with Crippen LogP contribution >= 0.6 is 15.9 Å². The molecule has 0 radical (unpaired) electrons. The van der Waals surface area contributed by atoms with E-state index < -0.39 is 0 Å². The van der Waals surface area contributed by atoms with Gasteiger partial charge in [0, 0.05) is 12.7 Å². The highest BCUT2D eigenvalue weighted by molar-refractivity contribution is 9.10. The van der Waals surface area contributed by atoms with E-state index in [1.807, 2.05) is 44.4 Å². The third-order valence-corrected chi connectivity index (χ3v) is 3.51. The molecule has 1 aromatic carbocycles. The number of likely N-dealkylation sites (N-methyl/N-ethyl adjacent to an activating group) is 1. The van der Waals surface area contributed by atoms with E-state index in [1.54, 1.807) is 18.3 Å². The van der Waals surface area contributed by atoms with E-state index in [4.69, 9.17) is 0 Å². The molecule has 0 saturated carbocycles. The van der Waals surface area contributed by atoms with Gasteiger partial charge in [0.15, 0.2) is 0 Å². The Morgan fingerprint density at radius 3 is 2.52 bits per heavy atom. The molecule has 1 aromatic heterocycles. The lowest BCUT2D eigenvalue weighted by Gasteiger charge is -2.22. The molecule has 21 heavy (non-hydrogen) atoms. The fraction of sp³-hybridized carbons (Fsp3) is 0.250. The maximum Gasteiger partial charge on any atom is 0.253 e. The highest BCUT2D eigenvalue weighted by Crippen LogP contribution is 2.15. The van der Waals surface area contributed by atoms with E-state index in [-0.39, 0.29) is 11.9 Å². The predicted octanol–water partition coefficient (Wildman–Crippen LogP) is 2.88. The fourth-order valence-electron chi connectivity index (χ4n) is 2.04. The van der Waals surface area contributed by atoms with Gasteiger partial charge in [0.2, 0.25) is 0 Å². The van der Waals surface area contributed by atoms with Gasteiger partial charge in [-0.05, 0) is 47.7 Å². The molecule has 0 saturated heterocycles. The lowest BCUT2D eigenvalue weighted by molar-refractivity contribution is 0.0929. The van der Waals surface area contributed by atoms with Crippen LogP contribution in [-0.4, -0.2) is 36.4 Å². The fourth-order valence-corrected chi connectivity index (χ4v) is 2.27. The number of hydrogen-bond acceptors (Lipinski definition) is 3. The molecule has 1 amide bonds. The summed E-state index contributed by atoms with van der Waals surface area (Å²) in [4.78, 5) is 18.5. The molecule has 4 nitrogen and oxygen atoms in total. The first kappa shape index (κ1) is 15.7. The summed E-state index contributed by atoms with van der Waals surface area (Å²) in [5.74, 6) is -0.120. The van der Waals surface area contributed by atoms with Crippen LogP contribution < -0.4 is 5.32 Å². The van der Waals surface area contributed by atoms with Gasteiger partial charge in [-0.3, -0.25) is 4.79 Å². The van der Waals surface area contributed by atoms with Crippen LogP contribution in [0.15, 0.2) is 53.3 Å². The third-order valence-electron chi connectivity index (χ3n) is 3.04. The van der Waals surface area contributed by atoms with Crippen molar-refractivity contribution in [3.8, 4) is 0 Å². The Morgan fingerprint density at radius 2 is 1.95 bits per heavy atom. The molecule has 0 aliphatic heterocycles. The standard InChI is InChI=1S/C16H18BrN3O/c1-20(2)11-14(12-6-4-3-5-7-12)19-16(21)13-8-9-15(17)18-10-13/h3-10,14H,11H2,1-2H3,(H,19,21). The molecule has 1 atom stereocenters. The van der Waals surface area contributed by atoms with Gasteiger partial charge in [0.05, 0.1) is 11.6 Å². The van der Waals surface area contributed by atoms with E-state index in [1.165, 1.54) is 0 Å². The van der Waals surface area contributed by atoms with Crippen molar-refractivity contribution in [3.63, 3.8) is 0 Å². The average molecular weight is 348 g/mol. The zero-order chi connectivity index (χ0) is 15.2. The lowest BCUT2D eigenvalue weighted by atomic mass is 10.1. The van der Waals surface area contributed by atoms with Gasteiger partial charge in [-0.2, -0.15) is 0 Å². The number of pyridine rings is 1. The number of nitrogens with zero attached hydrogens (tertiary/aromatic N) is 2. The van der Waals surface area contributed by atoms with Crippen LogP contribution in [0.4, 0.5) is 0 Å². The number of hydrogen-bond donors (Lipinski definition) is 1. The highest BCUT2D eigenvalue weighted by atomic mass is 79.9. The quantitative estimate of drug-likeness (QED) is 0.846. The molecule has 2 rings (SSSR count). The zero-order valence-corrected chi connectivity index (χ0v) is 13.7. The Labute approximate surface area is 133 Å². The van der Waals surface area contributed by atoms with Gasteiger partial charge in [0.25, 0.3) is 5.91 Å². The molecule has 5 heteroatoms. The monoisotopic (exact) mass is 347 g/mol. The summed E-state index contributed by atoms with van der Waals surface area (Å²) in [5, 5.41) is 3.06. The van der Waals surface area contributed by atoms with Crippen LogP contribution in [0.25, 0.3) is 0 Å². The van der Waals surface area contributed by atoms with Crippen molar-refractivity contribution < 1.29 is 4.79 Å². The minimum absolute atomic E-state index is 0.0580. The summed E-state index contributed by atoms with van der Waals surface area (Å²) in [5.41, 5.74) is 1.64. The molecule has 2 aromatic rings. The SMILES string of the molecule is CN(C)CC(NC(=O)c1ccc(Br)nc1)c1ccccc1. The number of carbonyl (C=O) groups excluding carboxylic acids is 1. The Balaban J connectivity index is 2.15. The number of amides is 1. The Morgan fingerprint density at radius 1 is 1.24 bits per heavy atom. The number of nitrogens with one attached hydrogen (secondary N) is 1. The molecule has 1 N–H and O–H groups in total. The van der Waals surface area contributed by atoms with E-state index in [2.05, 4.69) is 31.1 Å². The molecule has 0 aliphatic rings. The first-order chi connectivity index (χ1) is 10.1. The minimum Gasteiger partial charge on any atom is -0.344 e. The van der Waals surface area contributed by atoms with Gasteiger partial charge in [0.1, 0.15) is 4.60 Å². The van der Waals surface area contributed by atoms with Crippen molar-refractivity contribution in [2.24, 2.45) is 0 Å². The Hall–Kier alpha value is -1.72. The van der Waals surface area contributed by atoms with Crippen molar-refractivity contribution in [3.05, 3.63) is 64.4 Å². The largest absolute Gasteiger partial charge is 0.344 e. The smallest absolute Gasteiger partial charge is 0.253 e. The van der Waals surface area contributed by atoms with Crippen molar-refractivity contribution in [2.75, 3.05) is 20.6 Å². The van der Waals surface area contributed by atoms with Gasteiger partial charge in [-0.15, -0.1) is 0 Å². The summed E-state index contributed by atoms with van der Waals surface area (Å²) in [7, 11) is 3.98. The molecular formula is C16H18BrN3O. The molecule has 1 unspecified atom stereocenters. The second kappa shape index (κ2) is 7.33. The number of benzene rings is 1. The van der Waals surface area contributed by atoms with Crippen LogP contribution in [0.2, 0.25) is 0 Å². The molecule has 1 heterocycles. The Bertz CT molecular complexity index is 584. The van der Waals surface area contributed by atoms with E-state index >= 15 is 0 Å². The summed E-state index contributed by atoms with van der Waals surface area (Å²) in [6.45, 7) is 0.736. The first-order valence-corrected chi connectivity index (χ1v) is 7.47. The molecule has 0 fully saturated rings. The van der Waals surface area contributed by atoms with E-state index in [0.717, 1.165) is 12.1 Å². The predicted molar refractivity (Wildman–Crippen MR) is 87.1 cm³/mol. The van der Waals surface area contributed by atoms with Crippen molar-refractivity contribution in [1.29, 1.82) is 0 Å². The van der Waals surface area contributed by atoms with Crippen molar-refractivity contribution in [1.82, 2.24) is 15.2 Å². The van der Waals surface area contributed by atoms with Crippen LogP contribution in [0.1, 0.15) is 22.0 Å². The number of carbonyl (C=O) groups is 1. The van der Waals surface area contributed by atoms with Crippen LogP contribution in [0, 0.1) is 0 Å². The second-order valence-electron chi connectivity index (χ2n) is 5.07. The van der Waals surface area contributed by atoms with E-state index in [9.17, 15) is 4.79 Å². The number of rotatable bonds is 5. The molecule has 0 spiro atoms. The van der Waals surface area contributed by atoms with Gasteiger partial charge in [-0.1, -0.05) is 30.3 Å².